The lowest BCUT2D eigenvalue weighted by atomic mass is 9.43. The molecule has 10 rings (SSSR count). The molecular weight excluding hydrogens is 1240 g/mol. The number of carboxylic acid groups (broad SMARTS) is 1. The van der Waals surface area contributed by atoms with Crippen LogP contribution >= 0.6 is 0 Å². The molecule has 17 N–H and O–H groups in total. The largest absolute Gasteiger partial charge is 0.481 e. The highest BCUT2D eigenvalue weighted by atomic mass is 16.8. The zero-order valence-electron chi connectivity index (χ0n) is 53.7. The number of ether oxygens (including phenoxy) is 12. The number of hydrogen-bond acceptors (Lipinski definition) is 29. The molecule has 6 saturated heterocycles. The standard InChI is InChI=1S/C63H102O30/c1-25(2)9-8-10-26(3)27-14-18-63(59(80)81)29-11-12-36-60(4,5)37(15-16-61(36,6)28(29)13-17-62(27,63)7)89-57-52(93-56-47(78)42(73)39(70)32(19-64)85-56)49(31(68)23-83-57)90-54-46(77)41(72)35(24-84-54)88-55-48(79)44(75)50(34(21-66)87-55)91-58-51(43(74)40(71)33(20-65)86-58)92-53-45(76)38(69)30(67)22-82-53/h9,26-27,30-58,64-79H,8,10-24H2,1-7H3,(H,80,81)/t26-,27-,30-,31+,32-,33-,34-,35+,36+,37+,38+,39+,40-,41+,42+,43+,44-,45-,46-,47-,48-,49+,50+,51-,52-,53+,54+,55+,56+,57+,58+,61-,62-,63+/m1/s1. The quantitative estimate of drug-likeness (QED) is 0.0524. The highest BCUT2D eigenvalue weighted by Crippen LogP contribution is 2.73. The van der Waals surface area contributed by atoms with E-state index in [0.29, 0.717) is 38.0 Å². The number of aliphatic hydroxyl groups excluding tert-OH is 16. The Morgan fingerprint density at radius 2 is 1.05 bits per heavy atom. The molecule has 4 aliphatic carbocycles. The minimum Gasteiger partial charge on any atom is -0.481 e. The molecule has 0 aromatic heterocycles. The molecule has 2 saturated carbocycles. The van der Waals surface area contributed by atoms with Crippen molar-refractivity contribution in [2.45, 2.75) is 285 Å². The molecule has 6 aliphatic heterocycles. The van der Waals surface area contributed by atoms with E-state index in [1.807, 2.05) is 0 Å². The lowest BCUT2D eigenvalue weighted by molar-refractivity contribution is -0.395. The van der Waals surface area contributed by atoms with Crippen LogP contribution in [0.5, 0.6) is 0 Å². The number of carboxylic acids is 1. The van der Waals surface area contributed by atoms with Crippen LogP contribution in [0.2, 0.25) is 0 Å². The van der Waals surface area contributed by atoms with Crippen molar-refractivity contribution in [3.63, 3.8) is 0 Å². The van der Waals surface area contributed by atoms with E-state index in [0.717, 1.165) is 37.7 Å². The molecule has 0 aromatic rings. The maximum Gasteiger partial charge on any atom is 0.314 e. The molecule has 34 atom stereocenters. The minimum absolute atomic E-state index is 0.0253. The van der Waals surface area contributed by atoms with Gasteiger partial charge in [0, 0.05) is 0 Å². The third-order valence-electron chi connectivity index (χ3n) is 23.0. The van der Waals surface area contributed by atoms with Gasteiger partial charge < -0.3 is 144 Å². The van der Waals surface area contributed by atoms with Crippen molar-refractivity contribution in [2.75, 3.05) is 39.6 Å². The van der Waals surface area contributed by atoms with Crippen LogP contribution in [0, 0.1) is 39.4 Å². The molecule has 0 aromatic carbocycles. The summed E-state index contributed by atoms with van der Waals surface area (Å²) < 4.78 is 71.9. The van der Waals surface area contributed by atoms with Gasteiger partial charge in [-0.1, -0.05) is 57.4 Å². The number of hydrogen-bond donors (Lipinski definition) is 17. The van der Waals surface area contributed by atoms with Crippen LogP contribution in [0.3, 0.4) is 0 Å². The number of aliphatic carboxylic acids is 1. The third kappa shape index (κ3) is 13.5. The van der Waals surface area contributed by atoms with E-state index in [1.165, 1.54) is 11.1 Å². The second-order valence-electron chi connectivity index (χ2n) is 29.0. The summed E-state index contributed by atoms with van der Waals surface area (Å²) in [5.41, 5.74) is 1.09. The zero-order valence-corrected chi connectivity index (χ0v) is 53.7. The maximum atomic E-state index is 14.0. The van der Waals surface area contributed by atoms with Crippen molar-refractivity contribution < 1.29 is 148 Å². The first-order chi connectivity index (χ1) is 43.9. The molecule has 30 heteroatoms. The Morgan fingerprint density at radius 3 is 1.71 bits per heavy atom. The van der Waals surface area contributed by atoms with Crippen LogP contribution in [0.4, 0.5) is 0 Å². The average molecular weight is 1340 g/mol. The summed E-state index contributed by atoms with van der Waals surface area (Å²) in [7, 11) is 0. The predicted molar refractivity (Wildman–Crippen MR) is 313 cm³/mol. The Morgan fingerprint density at radius 1 is 0.516 bits per heavy atom. The molecule has 8 fully saturated rings. The summed E-state index contributed by atoms with van der Waals surface area (Å²) in [6, 6.07) is 0. The first-order valence-corrected chi connectivity index (χ1v) is 32.9. The maximum absolute atomic E-state index is 14.0. The van der Waals surface area contributed by atoms with E-state index < -0.39 is 239 Å². The average Bonchev–Trinajstić information content (AvgIpc) is 1.64. The van der Waals surface area contributed by atoms with Gasteiger partial charge in [-0.15, -0.1) is 0 Å². The Kier molecular flexibility index (Phi) is 23.1. The van der Waals surface area contributed by atoms with Gasteiger partial charge in [-0.3, -0.25) is 4.79 Å². The van der Waals surface area contributed by atoms with Gasteiger partial charge >= 0.3 is 5.97 Å². The summed E-state index contributed by atoms with van der Waals surface area (Å²) in [4.78, 5) is 14.0. The molecule has 0 bridgehead atoms. The smallest absolute Gasteiger partial charge is 0.314 e. The molecule has 0 amide bonds. The van der Waals surface area contributed by atoms with E-state index in [-0.39, 0.29) is 11.8 Å². The van der Waals surface area contributed by atoms with Gasteiger partial charge in [-0.25, -0.2) is 0 Å². The molecule has 30 nitrogen and oxygen atoms in total. The first kappa shape index (κ1) is 73.5. The Balaban J connectivity index is 0.835. The van der Waals surface area contributed by atoms with E-state index in [4.69, 9.17) is 56.8 Å². The fourth-order valence-electron chi connectivity index (χ4n) is 17.7. The number of aliphatic hydroxyl groups is 16. The van der Waals surface area contributed by atoms with E-state index >= 15 is 0 Å². The Hall–Kier alpha value is -2.17. The molecule has 0 radical (unpaired) electrons. The predicted octanol–water partition coefficient (Wildman–Crippen LogP) is -3.59. The number of carbonyl (C=O) groups is 1. The van der Waals surface area contributed by atoms with Crippen LogP contribution in [0.25, 0.3) is 0 Å². The van der Waals surface area contributed by atoms with E-state index in [1.54, 1.807) is 0 Å². The second kappa shape index (κ2) is 29.2. The van der Waals surface area contributed by atoms with Gasteiger partial charge in [0.25, 0.3) is 0 Å². The van der Waals surface area contributed by atoms with Gasteiger partial charge in [0.1, 0.15) is 128 Å². The van der Waals surface area contributed by atoms with Crippen LogP contribution < -0.4 is 0 Å². The molecular formula is C63H102O30. The molecule has 93 heavy (non-hydrogen) atoms. The normalized spacial score (nSPS) is 50.5. The summed E-state index contributed by atoms with van der Waals surface area (Å²) in [5, 5.41) is 186. The molecule has 10 aliphatic rings. The highest BCUT2D eigenvalue weighted by Gasteiger charge is 2.69. The van der Waals surface area contributed by atoms with Gasteiger partial charge in [-0.05, 0) is 112 Å². The van der Waals surface area contributed by atoms with Crippen LogP contribution in [-0.4, -0.2) is 304 Å². The summed E-state index contributed by atoms with van der Waals surface area (Å²) in [5.74, 6) is -0.196. The number of allylic oxidation sites excluding steroid dienone is 3. The monoisotopic (exact) mass is 1340 g/mol. The molecule has 534 valence electrons. The van der Waals surface area contributed by atoms with Crippen molar-refractivity contribution in [3.05, 3.63) is 22.8 Å². The topological polar surface area (TPSA) is 472 Å². The summed E-state index contributed by atoms with van der Waals surface area (Å²) >= 11 is 0. The third-order valence-corrected chi connectivity index (χ3v) is 23.0. The van der Waals surface area contributed by atoms with Crippen molar-refractivity contribution in [2.24, 2.45) is 39.4 Å². The van der Waals surface area contributed by atoms with Crippen molar-refractivity contribution >= 4 is 5.97 Å². The second-order valence-corrected chi connectivity index (χ2v) is 29.0. The van der Waals surface area contributed by atoms with Crippen molar-refractivity contribution in [1.82, 2.24) is 0 Å². The zero-order chi connectivity index (χ0) is 67.7. The number of rotatable bonds is 20. The summed E-state index contributed by atoms with van der Waals surface area (Å²) in [6.45, 7) is 10.8. The number of fused-ring (bicyclic) bond motifs is 4. The van der Waals surface area contributed by atoms with Crippen molar-refractivity contribution in [1.29, 1.82) is 0 Å². The van der Waals surface area contributed by atoms with E-state index in [2.05, 4.69) is 54.5 Å². The van der Waals surface area contributed by atoms with Crippen LogP contribution in [0.15, 0.2) is 22.8 Å². The minimum atomic E-state index is -2.10. The van der Waals surface area contributed by atoms with E-state index in [9.17, 15) is 91.6 Å². The fraction of sp³-hybridized carbons (Fsp3) is 0.921. The van der Waals surface area contributed by atoms with Crippen LogP contribution in [0.1, 0.15) is 113 Å². The van der Waals surface area contributed by atoms with Crippen molar-refractivity contribution in [3.8, 4) is 0 Å². The highest BCUT2D eigenvalue weighted by molar-refractivity contribution is 5.82. The lowest BCUT2D eigenvalue weighted by Gasteiger charge is -2.62. The SMILES string of the molecule is CC(C)=CCC[C@@H](C)[C@H]1CC[C@@]2(C(=O)O)C3=C(CC[C@]12C)[C@@]1(C)CC[C@H](O[C@@H]2OC[C@H](O)[C@H](O[C@@H]4OC[C@H](O[C@@H]5O[C@H](CO)[C@H](O[C@@H]6O[C@H](CO)[C@@H](O)[C@H](O)[C@H]6O[C@@H]6OC[C@@H](O)[C@H](O)[C@H]6O)[C@H](O)[C@H]5O)[C@H](O)[C@H]4O)[C@H]2O[C@@H]2O[C@H](CO)[C@H](O)[C@H](O)[C@H]2O)C(C)(C)[C@@H]1CC3. The Bertz CT molecular complexity index is 2570. The lowest BCUT2D eigenvalue weighted by Crippen LogP contribution is -2.67. The Labute approximate surface area is 539 Å². The summed E-state index contributed by atoms with van der Waals surface area (Å²) in [6.07, 6.45) is -39.4. The van der Waals surface area contributed by atoms with Crippen LogP contribution in [-0.2, 0) is 61.6 Å². The molecule has 0 unspecified atom stereocenters. The van der Waals surface area contributed by atoms with Gasteiger partial charge in [0.2, 0.25) is 0 Å². The van der Waals surface area contributed by atoms with Gasteiger partial charge in [0.05, 0.1) is 51.2 Å². The first-order valence-electron chi connectivity index (χ1n) is 32.9. The molecule has 0 spiro atoms. The molecule has 6 heterocycles. The van der Waals surface area contributed by atoms with Gasteiger partial charge in [-0.2, -0.15) is 0 Å². The fourth-order valence-corrected chi connectivity index (χ4v) is 17.7. The van der Waals surface area contributed by atoms with Gasteiger partial charge in [0.15, 0.2) is 37.7 Å².